The highest BCUT2D eigenvalue weighted by atomic mass is 16.2. The van der Waals surface area contributed by atoms with Gasteiger partial charge in [0.1, 0.15) is 0 Å². The highest BCUT2D eigenvalue weighted by molar-refractivity contribution is 5.75. The average Bonchev–Trinajstić information content (AvgIpc) is 3.17. The summed E-state index contributed by atoms with van der Waals surface area (Å²) in [6.07, 6.45) is 5.40. The summed E-state index contributed by atoms with van der Waals surface area (Å²) in [5.74, 6) is 2.38. The van der Waals surface area contributed by atoms with Crippen molar-refractivity contribution in [3.8, 4) is 0 Å². The molecule has 0 unspecified atom stereocenters. The van der Waals surface area contributed by atoms with Gasteiger partial charge >= 0.3 is 6.03 Å². The lowest BCUT2D eigenvalue weighted by molar-refractivity contribution is 0.211. The van der Waals surface area contributed by atoms with Crippen LogP contribution in [0, 0.1) is 17.8 Å². The normalized spacial score (nSPS) is 26.3. The molecule has 0 aromatic heterocycles. The van der Waals surface area contributed by atoms with Crippen molar-refractivity contribution in [3.05, 3.63) is 42.0 Å². The first-order chi connectivity index (χ1) is 11.8. The largest absolute Gasteiger partial charge is 0.335 e. The first kappa shape index (κ1) is 18.0. The van der Waals surface area contributed by atoms with Crippen LogP contribution >= 0.6 is 0 Å². The van der Waals surface area contributed by atoms with E-state index in [0.29, 0.717) is 5.92 Å². The van der Waals surface area contributed by atoms with E-state index in [1.807, 2.05) is 26.8 Å². The summed E-state index contributed by atoms with van der Waals surface area (Å²) in [6.45, 7) is 12.3. The van der Waals surface area contributed by atoms with E-state index in [2.05, 4.69) is 42.3 Å². The Labute approximate surface area is 152 Å². The van der Waals surface area contributed by atoms with Crippen molar-refractivity contribution in [3.63, 3.8) is 0 Å². The highest BCUT2D eigenvalue weighted by Crippen LogP contribution is 2.49. The predicted octanol–water partition coefficient (Wildman–Crippen LogP) is 5.08. The van der Waals surface area contributed by atoms with Gasteiger partial charge < -0.3 is 10.6 Å². The molecule has 3 rings (SSSR count). The zero-order valence-electron chi connectivity index (χ0n) is 16.1. The fourth-order valence-electron chi connectivity index (χ4n) is 4.79. The molecule has 2 aliphatic rings. The fraction of sp³-hybridized carbons (Fsp3) is 0.591. The number of fused-ring (bicyclic) bond motifs is 2. The highest BCUT2D eigenvalue weighted by Gasteiger charge is 2.42. The van der Waals surface area contributed by atoms with Gasteiger partial charge in [-0.3, -0.25) is 0 Å². The van der Waals surface area contributed by atoms with Gasteiger partial charge in [-0.2, -0.15) is 0 Å². The standard InChI is InChI=1S/C22H32N2O/c1-14(2)17-7-6-8-19(13-17)22(4,5)24-21(25)23-15(3)20-12-16-9-10-18(20)11-16/h6-8,13,15-16,18,20H,1,9-12H2,2-5H3,(H2,23,24,25)/t15-,16+,18+,20+/m1/s1. The Morgan fingerprint density at radius 2 is 2.04 bits per heavy atom. The SMILES string of the molecule is C=C(C)c1cccc(C(C)(C)NC(=O)N[C@H](C)[C@@H]2C[C@H]3CC[C@H]2C3)c1. The molecule has 1 aromatic carbocycles. The fourth-order valence-corrected chi connectivity index (χ4v) is 4.79. The molecule has 0 radical (unpaired) electrons. The van der Waals surface area contributed by atoms with Crippen LogP contribution < -0.4 is 10.6 Å². The maximum Gasteiger partial charge on any atom is 0.315 e. The Morgan fingerprint density at radius 3 is 2.64 bits per heavy atom. The number of rotatable bonds is 5. The number of allylic oxidation sites excluding steroid dienone is 1. The van der Waals surface area contributed by atoms with Crippen molar-refractivity contribution in [2.75, 3.05) is 0 Å². The lowest BCUT2D eigenvalue weighted by atomic mass is 9.84. The Balaban J connectivity index is 1.61. The Morgan fingerprint density at radius 1 is 1.28 bits per heavy atom. The second-order valence-corrected chi connectivity index (χ2v) is 8.71. The van der Waals surface area contributed by atoms with Crippen molar-refractivity contribution in [2.45, 2.75) is 65.0 Å². The Hall–Kier alpha value is -1.77. The van der Waals surface area contributed by atoms with E-state index in [4.69, 9.17) is 0 Å². The van der Waals surface area contributed by atoms with Crippen LogP contribution in [0.15, 0.2) is 30.8 Å². The molecule has 1 aromatic rings. The van der Waals surface area contributed by atoms with Crippen LogP contribution in [-0.2, 0) is 5.54 Å². The van der Waals surface area contributed by atoms with E-state index in [1.54, 1.807) is 0 Å². The second kappa shape index (κ2) is 6.86. The molecule has 0 aliphatic heterocycles. The molecular weight excluding hydrogens is 308 g/mol. The maximum atomic E-state index is 12.6. The molecule has 3 heteroatoms. The molecule has 2 fully saturated rings. The number of nitrogens with one attached hydrogen (secondary N) is 2. The van der Waals surface area contributed by atoms with E-state index >= 15 is 0 Å². The molecular formula is C22H32N2O. The van der Waals surface area contributed by atoms with Crippen molar-refractivity contribution in [1.29, 1.82) is 0 Å². The van der Waals surface area contributed by atoms with Crippen molar-refractivity contribution in [1.82, 2.24) is 10.6 Å². The van der Waals surface area contributed by atoms with Gasteiger partial charge in [-0.1, -0.05) is 36.8 Å². The molecule has 2 amide bonds. The Bertz CT molecular complexity index is 664. The summed E-state index contributed by atoms with van der Waals surface area (Å²) in [7, 11) is 0. The lowest BCUT2D eigenvalue weighted by Crippen LogP contribution is -2.51. The van der Waals surface area contributed by atoms with Crippen molar-refractivity contribution >= 4 is 11.6 Å². The van der Waals surface area contributed by atoms with E-state index in [9.17, 15) is 4.79 Å². The molecule has 0 saturated heterocycles. The number of carbonyl (C=O) groups is 1. The van der Waals surface area contributed by atoms with Crippen LogP contribution in [0.3, 0.4) is 0 Å². The third-order valence-electron chi connectivity index (χ3n) is 6.30. The van der Waals surface area contributed by atoms with E-state index in [0.717, 1.165) is 28.5 Å². The molecule has 25 heavy (non-hydrogen) atoms. The maximum absolute atomic E-state index is 12.6. The smallest absolute Gasteiger partial charge is 0.315 e. The van der Waals surface area contributed by atoms with Gasteiger partial charge in [-0.25, -0.2) is 4.79 Å². The third kappa shape index (κ3) is 3.91. The van der Waals surface area contributed by atoms with Gasteiger partial charge in [-0.05, 0) is 81.9 Å². The van der Waals surface area contributed by atoms with Crippen LogP contribution in [0.5, 0.6) is 0 Å². The molecule has 0 heterocycles. The number of hydrogen-bond acceptors (Lipinski definition) is 1. The van der Waals surface area contributed by atoms with Crippen LogP contribution in [0.1, 0.15) is 64.5 Å². The minimum atomic E-state index is -0.427. The molecule has 0 spiro atoms. The van der Waals surface area contributed by atoms with Gasteiger partial charge in [0.15, 0.2) is 0 Å². The molecule has 4 atom stereocenters. The van der Waals surface area contributed by atoms with E-state index in [-0.39, 0.29) is 12.1 Å². The topological polar surface area (TPSA) is 41.1 Å². The monoisotopic (exact) mass is 340 g/mol. The minimum absolute atomic E-state index is 0.0685. The summed E-state index contributed by atoms with van der Waals surface area (Å²) < 4.78 is 0. The lowest BCUT2D eigenvalue weighted by Gasteiger charge is -2.32. The van der Waals surface area contributed by atoms with Gasteiger partial charge in [0.25, 0.3) is 0 Å². The number of benzene rings is 1. The molecule has 2 bridgehead atoms. The first-order valence-electron chi connectivity index (χ1n) is 9.61. The van der Waals surface area contributed by atoms with E-state index in [1.165, 1.54) is 25.7 Å². The van der Waals surface area contributed by atoms with Crippen molar-refractivity contribution in [2.24, 2.45) is 17.8 Å². The van der Waals surface area contributed by atoms with E-state index < -0.39 is 5.54 Å². The average molecular weight is 341 g/mol. The zero-order chi connectivity index (χ0) is 18.2. The number of hydrogen-bond donors (Lipinski definition) is 2. The number of urea groups is 1. The molecule has 2 aliphatic carbocycles. The van der Waals surface area contributed by atoms with Gasteiger partial charge in [0, 0.05) is 6.04 Å². The summed E-state index contributed by atoms with van der Waals surface area (Å²) in [5, 5.41) is 6.36. The number of carbonyl (C=O) groups excluding carboxylic acids is 1. The summed E-state index contributed by atoms with van der Waals surface area (Å²) >= 11 is 0. The van der Waals surface area contributed by atoms with Crippen LogP contribution in [-0.4, -0.2) is 12.1 Å². The summed E-state index contributed by atoms with van der Waals surface area (Å²) in [6, 6.07) is 8.43. The van der Waals surface area contributed by atoms with Crippen LogP contribution in [0.2, 0.25) is 0 Å². The van der Waals surface area contributed by atoms with Crippen molar-refractivity contribution < 1.29 is 4.79 Å². The van der Waals surface area contributed by atoms with Crippen LogP contribution in [0.25, 0.3) is 5.57 Å². The first-order valence-corrected chi connectivity index (χ1v) is 9.61. The van der Waals surface area contributed by atoms with Crippen LogP contribution in [0.4, 0.5) is 4.79 Å². The zero-order valence-corrected chi connectivity index (χ0v) is 16.1. The predicted molar refractivity (Wildman–Crippen MR) is 104 cm³/mol. The number of amides is 2. The molecule has 2 N–H and O–H groups in total. The van der Waals surface area contributed by atoms with Gasteiger partial charge in [-0.15, -0.1) is 0 Å². The molecule has 3 nitrogen and oxygen atoms in total. The Kier molecular flexibility index (Phi) is 4.95. The molecule has 136 valence electrons. The summed E-state index contributed by atoms with van der Waals surface area (Å²) in [5.41, 5.74) is 2.81. The molecule has 2 saturated carbocycles. The summed E-state index contributed by atoms with van der Waals surface area (Å²) in [4.78, 5) is 12.6. The van der Waals surface area contributed by atoms with Gasteiger partial charge in [0.05, 0.1) is 5.54 Å². The quantitative estimate of drug-likeness (QED) is 0.771. The second-order valence-electron chi connectivity index (χ2n) is 8.71. The van der Waals surface area contributed by atoms with Gasteiger partial charge in [0.2, 0.25) is 0 Å². The minimum Gasteiger partial charge on any atom is -0.335 e. The third-order valence-corrected chi connectivity index (χ3v) is 6.30.